The van der Waals surface area contributed by atoms with E-state index in [-0.39, 0.29) is 6.10 Å². The van der Waals surface area contributed by atoms with Gasteiger partial charge in [-0.2, -0.15) is 0 Å². The van der Waals surface area contributed by atoms with E-state index in [1.54, 1.807) is 0 Å². The highest BCUT2D eigenvalue weighted by molar-refractivity contribution is 5.53. The number of anilines is 1. The van der Waals surface area contributed by atoms with Gasteiger partial charge in [0.1, 0.15) is 0 Å². The van der Waals surface area contributed by atoms with Crippen LogP contribution in [0.1, 0.15) is 33.6 Å². The van der Waals surface area contributed by atoms with Crippen molar-refractivity contribution in [2.75, 3.05) is 24.5 Å². The molecule has 2 heterocycles. The first kappa shape index (κ1) is 14.1. The van der Waals surface area contributed by atoms with Gasteiger partial charge in [-0.15, -0.1) is 0 Å². The SMILES string of the molecule is CCNCC1CCCN1c1ncccc1OC(C)C. The van der Waals surface area contributed by atoms with Gasteiger partial charge in [-0.3, -0.25) is 0 Å². The number of nitrogens with zero attached hydrogens (tertiary/aromatic N) is 2. The lowest BCUT2D eigenvalue weighted by molar-refractivity contribution is 0.242. The van der Waals surface area contributed by atoms with Crippen LogP contribution in [0.2, 0.25) is 0 Å². The molecule has 1 fully saturated rings. The third-order valence-corrected chi connectivity index (χ3v) is 3.39. The highest BCUT2D eigenvalue weighted by atomic mass is 16.5. The summed E-state index contributed by atoms with van der Waals surface area (Å²) in [5, 5.41) is 3.44. The molecule has 4 nitrogen and oxygen atoms in total. The van der Waals surface area contributed by atoms with Crippen molar-refractivity contribution in [2.45, 2.75) is 45.8 Å². The first-order valence-corrected chi connectivity index (χ1v) is 7.31. The topological polar surface area (TPSA) is 37.4 Å². The van der Waals surface area contributed by atoms with Gasteiger partial charge in [0, 0.05) is 25.3 Å². The number of rotatable bonds is 6. The van der Waals surface area contributed by atoms with Crippen LogP contribution >= 0.6 is 0 Å². The van der Waals surface area contributed by atoms with Gasteiger partial charge in [0.2, 0.25) is 0 Å². The Balaban J connectivity index is 2.15. The van der Waals surface area contributed by atoms with Gasteiger partial charge >= 0.3 is 0 Å². The fourth-order valence-corrected chi connectivity index (χ4v) is 2.58. The van der Waals surface area contributed by atoms with Crippen molar-refractivity contribution in [1.29, 1.82) is 0 Å². The van der Waals surface area contributed by atoms with Crippen LogP contribution in [-0.4, -0.2) is 36.8 Å². The number of hydrogen-bond donors (Lipinski definition) is 1. The molecule has 1 aliphatic rings. The molecular weight excluding hydrogens is 238 g/mol. The second-order valence-electron chi connectivity index (χ2n) is 5.29. The van der Waals surface area contributed by atoms with Crippen molar-refractivity contribution in [3.05, 3.63) is 18.3 Å². The quantitative estimate of drug-likeness (QED) is 0.855. The molecule has 1 aromatic heterocycles. The van der Waals surface area contributed by atoms with Crippen LogP contribution in [0, 0.1) is 0 Å². The summed E-state index contributed by atoms with van der Waals surface area (Å²) in [6.07, 6.45) is 4.49. The average molecular weight is 263 g/mol. The predicted octanol–water partition coefficient (Wildman–Crippen LogP) is 2.45. The maximum atomic E-state index is 5.89. The number of nitrogens with one attached hydrogen (secondary N) is 1. The Hall–Kier alpha value is -1.29. The van der Waals surface area contributed by atoms with Gasteiger partial charge < -0.3 is 15.0 Å². The number of hydrogen-bond acceptors (Lipinski definition) is 4. The van der Waals surface area contributed by atoms with Crippen LogP contribution in [0.25, 0.3) is 0 Å². The standard InChI is InChI=1S/C15H25N3O/c1-4-16-11-13-7-6-10-18(13)15-14(19-12(2)3)8-5-9-17-15/h5,8-9,12-13,16H,4,6-7,10-11H2,1-3H3. The van der Waals surface area contributed by atoms with Gasteiger partial charge in [-0.05, 0) is 45.4 Å². The van der Waals surface area contributed by atoms with E-state index in [4.69, 9.17) is 4.74 Å². The summed E-state index contributed by atoms with van der Waals surface area (Å²) in [7, 11) is 0. The summed E-state index contributed by atoms with van der Waals surface area (Å²) >= 11 is 0. The number of ether oxygens (including phenoxy) is 1. The third-order valence-electron chi connectivity index (χ3n) is 3.39. The van der Waals surface area contributed by atoms with Crippen molar-refractivity contribution in [3.63, 3.8) is 0 Å². The molecule has 0 aromatic carbocycles. The molecule has 0 radical (unpaired) electrons. The Kier molecular flexibility index (Phi) is 5.02. The van der Waals surface area contributed by atoms with Crippen molar-refractivity contribution in [2.24, 2.45) is 0 Å². The van der Waals surface area contributed by atoms with Gasteiger partial charge in [-0.1, -0.05) is 6.92 Å². The van der Waals surface area contributed by atoms with Crippen LogP contribution < -0.4 is 15.0 Å². The summed E-state index contributed by atoms with van der Waals surface area (Å²) in [5.74, 6) is 1.90. The Morgan fingerprint density at radius 2 is 2.37 bits per heavy atom. The first-order chi connectivity index (χ1) is 9.22. The molecule has 19 heavy (non-hydrogen) atoms. The Morgan fingerprint density at radius 1 is 1.53 bits per heavy atom. The lowest BCUT2D eigenvalue weighted by Gasteiger charge is -2.28. The highest BCUT2D eigenvalue weighted by Gasteiger charge is 2.27. The molecule has 1 unspecified atom stereocenters. The average Bonchev–Trinajstić information content (AvgIpc) is 2.84. The van der Waals surface area contributed by atoms with E-state index in [0.29, 0.717) is 6.04 Å². The zero-order chi connectivity index (χ0) is 13.7. The Morgan fingerprint density at radius 3 is 3.11 bits per heavy atom. The van der Waals surface area contributed by atoms with E-state index in [0.717, 1.165) is 31.2 Å². The van der Waals surface area contributed by atoms with Gasteiger partial charge in [0.05, 0.1) is 6.10 Å². The van der Waals surface area contributed by atoms with E-state index >= 15 is 0 Å². The lowest BCUT2D eigenvalue weighted by Crippen LogP contribution is -2.38. The molecule has 0 aliphatic carbocycles. The van der Waals surface area contributed by atoms with E-state index in [9.17, 15) is 0 Å². The zero-order valence-corrected chi connectivity index (χ0v) is 12.2. The van der Waals surface area contributed by atoms with Crippen molar-refractivity contribution in [1.82, 2.24) is 10.3 Å². The molecule has 4 heteroatoms. The van der Waals surface area contributed by atoms with Crippen LogP contribution in [0.3, 0.4) is 0 Å². The summed E-state index contributed by atoms with van der Waals surface area (Å²) in [4.78, 5) is 6.93. The molecule has 106 valence electrons. The molecule has 0 bridgehead atoms. The molecule has 0 saturated carbocycles. The van der Waals surface area contributed by atoms with Crippen molar-refractivity contribution >= 4 is 5.82 Å². The Bertz CT molecular complexity index is 395. The fourth-order valence-electron chi connectivity index (χ4n) is 2.58. The fraction of sp³-hybridized carbons (Fsp3) is 0.667. The van der Waals surface area contributed by atoms with Gasteiger partial charge in [0.25, 0.3) is 0 Å². The second-order valence-corrected chi connectivity index (χ2v) is 5.29. The maximum Gasteiger partial charge on any atom is 0.171 e. The summed E-state index contributed by atoms with van der Waals surface area (Å²) in [6.45, 7) is 9.36. The number of aromatic nitrogens is 1. The maximum absolute atomic E-state index is 5.89. The molecule has 1 atom stereocenters. The molecule has 2 rings (SSSR count). The minimum atomic E-state index is 0.178. The highest BCUT2D eigenvalue weighted by Crippen LogP contribution is 2.31. The zero-order valence-electron chi connectivity index (χ0n) is 12.2. The molecule has 1 N–H and O–H groups in total. The molecular formula is C15H25N3O. The third kappa shape index (κ3) is 3.60. The lowest BCUT2D eigenvalue weighted by atomic mass is 10.2. The summed E-state index contributed by atoms with van der Waals surface area (Å²) in [6, 6.07) is 4.49. The van der Waals surface area contributed by atoms with Gasteiger partial charge in [-0.25, -0.2) is 4.98 Å². The first-order valence-electron chi connectivity index (χ1n) is 7.31. The van der Waals surface area contributed by atoms with Gasteiger partial charge in [0.15, 0.2) is 11.6 Å². The molecule has 1 saturated heterocycles. The smallest absolute Gasteiger partial charge is 0.171 e. The molecule has 1 aliphatic heterocycles. The minimum absolute atomic E-state index is 0.178. The molecule has 1 aromatic rings. The van der Waals surface area contributed by atoms with Crippen LogP contribution in [0.15, 0.2) is 18.3 Å². The second kappa shape index (κ2) is 6.75. The van der Waals surface area contributed by atoms with E-state index in [2.05, 4.69) is 36.0 Å². The number of likely N-dealkylation sites (N-methyl/N-ethyl adjacent to an activating group) is 1. The largest absolute Gasteiger partial charge is 0.487 e. The summed E-state index contributed by atoms with van der Waals surface area (Å²) < 4.78 is 5.89. The molecule has 0 spiro atoms. The Labute approximate surface area is 116 Å². The molecule has 0 amide bonds. The summed E-state index contributed by atoms with van der Waals surface area (Å²) in [5.41, 5.74) is 0. The van der Waals surface area contributed by atoms with E-state index in [1.807, 2.05) is 18.3 Å². The minimum Gasteiger partial charge on any atom is -0.487 e. The normalized spacial score (nSPS) is 19.2. The van der Waals surface area contributed by atoms with E-state index in [1.165, 1.54) is 12.8 Å². The monoisotopic (exact) mass is 263 g/mol. The predicted molar refractivity (Wildman–Crippen MR) is 78.9 cm³/mol. The number of pyridine rings is 1. The van der Waals surface area contributed by atoms with Crippen LogP contribution in [0.5, 0.6) is 5.75 Å². The van der Waals surface area contributed by atoms with Crippen LogP contribution in [-0.2, 0) is 0 Å². The van der Waals surface area contributed by atoms with E-state index < -0.39 is 0 Å². The van der Waals surface area contributed by atoms with Crippen LogP contribution in [0.4, 0.5) is 5.82 Å². The van der Waals surface area contributed by atoms with Crippen molar-refractivity contribution < 1.29 is 4.74 Å². The van der Waals surface area contributed by atoms with Crippen molar-refractivity contribution in [3.8, 4) is 5.75 Å².